The third-order valence-corrected chi connectivity index (χ3v) is 4.92. The number of aromatic nitrogens is 1. The molecule has 3 N–H and O–H groups in total. The van der Waals surface area contributed by atoms with Crippen molar-refractivity contribution in [1.29, 1.82) is 0 Å². The number of nitrogens with two attached hydrogens (primary N) is 1. The van der Waals surface area contributed by atoms with Crippen LogP contribution in [0.25, 0.3) is 10.2 Å². The quantitative estimate of drug-likeness (QED) is 0.858. The van der Waals surface area contributed by atoms with Crippen LogP contribution in [0.4, 0.5) is 0 Å². The van der Waals surface area contributed by atoms with E-state index in [1.807, 2.05) is 32.0 Å². The zero-order chi connectivity index (χ0) is 15.4. The standard InChI is InChI=1S/C15H20ClN3OS/c1-3-9(2)14(17)15(20)18-7-6-13-19-11-8-10(16)4-5-12(11)21-13/h4-5,8-9,14H,3,6-7,17H2,1-2H3,(H,18,20). The number of benzene rings is 1. The summed E-state index contributed by atoms with van der Waals surface area (Å²) in [6, 6.07) is 5.24. The third-order valence-electron chi connectivity index (χ3n) is 3.59. The van der Waals surface area contributed by atoms with E-state index in [9.17, 15) is 4.79 Å². The minimum atomic E-state index is -0.441. The summed E-state index contributed by atoms with van der Waals surface area (Å²) in [6.07, 6.45) is 1.60. The molecule has 2 aromatic rings. The van der Waals surface area contributed by atoms with Gasteiger partial charge in [0.1, 0.15) is 0 Å². The van der Waals surface area contributed by atoms with E-state index in [-0.39, 0.29) is 11.8 Å². The maximum absolute atomic E-state index is 11.9. The van der Waals surface area contributed by atoms with Gasteiger partial charge in [-0.15, -0.1) is 11.3 Å². The van der Waals surface area contributed by atoms with E-state index in [0.717, 1.165) is 21.6 Å². The predicted octanol–water partition coefficient (Wildman–Crippen LogP) is 2.98. The van der Waals surface area contributed by atoms with Gasteiger partial charge in [0.25, 0.3) is 0 Å². The van der Waals surface area contributed by atoms with Crippen LogP contribution < -0.4 is 11.1 Å². The first-order valence-electron chi connectivity index (χ1n) is 7.09. The number of amides is 1. The molecular formula is C15H20ClN3OS. The maximum Gasteiger partial charge on any atom is 0.237 e. The molecule has 0 aliphatic heterocycles. The van der Waals surface area contributed by atoms with Crippen LogP contribution in [0.2, 0.25) is 5.02 Å². The van der Waals surface area contributed by atoms with Gasteiger partial charge in [-0.25, -0.2) is 4.98 Å². The lowest BCUT2D eigenvalue weighted by Crippen LogP contribution is -2.45. The fraction of sp³-hybridized carbons (Fsp3) is 0.467. The second-order valence-corrected chi connectivity index (χ2v) is 6.72. The summed E-state index contributed by atoms with van der Waals surface area (Å²) < 4.78 is 1.11. The lowest BCUT2D eigenvalue weighted by atomic mass is 9.99. The smallest absolute Gasteiger partial charge is 0.237 e. The van der Waals surface area contributed by atoms with Gasteiger partial charge in [0.05, 0.1) is 21.3 Å². The fourth-order valence-electron chi connectivity index (χ4n) is 1.98. The number of halogens is 1. The molecule has 114 valence electrons. The van der Waals surface area contributed by atoms with Crippen molar-refractivity contribution in [2.45, 2.75) is 32.7 Å². The Hall–Kier alpha value is -1.17. The van der Waals surface area contributed by atoms with E-state index in [2.05, 4.69) is 10.3 Å². The van der Waals surface area contributed by atoms with Crippen LogP contribution in [0, 0.1) is 5.92 Å². The summed E-state index contributed by atoms with van der Waals surface area (Å²) in [7, 11) is 0. The fourth-order valence-corrected chi connectivity index (χ4v) is 3.09. The highest BCUT2D eigenvalue weighted by atomic mass is 35.5. The number of rotatable bonds is 6. The Kier molecular flexibility index (Phi) is 5.56. The highest BCUT2D eigenvalue weighted by Gasteiger charge is 2.18. The van der Waals surface area contributed by atoms with Gasteiger partial charge in [-0.2, -0.15) is 0 Å². The number of nitrogens with zero attached hydrogens (tertiary/aromatic N) is 1. The number of fused-ring (bicyclic) bond motifs is 1. The Morgan fingerprint density at radius 1 is 1.52 bits per heavy atom. The largest absolute Gasteiger partial charge is 0.354 e. The topological polar surface area (TPSA) is 68.0 Å². The van der Waals surface area contributed by atoms with Crippen molar-refractivity contribution >= 4 is 39.1 Å². The molecule has 0 bridgehead atoms. The van der Waals surface area contributed by atoms with E-state index in [1.165, 1.54) is 0 Å². The molecule has 1 amide bonds. The van der Waals surface area contributed by atoms with Gasteiger partial charge in [0.15, 0.2) is 0 Å². The van der Waals surface area contributed by atoms with Crippen LogP contribution in [0.3, 0.4) is 0 Å². The molecule has 0 spiro atoms. The number of nitrogens with one attached hydrogen (secondary N) is 1. The first kappa shape index (κ1) is 16.2. The van der Waals surface area contributed by atoms with E-state index in [1.54, 1.807) is 11.3 Å². The summed E-state index contributed by atoms with van der Waals surface area (Å²) in [5, 5.41) is 4.56. The summed E-state index contributed by atoms with van der Waals surface area (Å²) in [5.41, 5.74) is 6.80. The first-order valence-corrected chi connectivity index (χ1v) is 8.29. The van der Waals surface area contributed by atoms with E-state index in [0.29, 0.717) is 18.0 Å². The summed E-state index contributed by atoms with van der Waals surface area (Å²) >= 11 is 7.57. The average molecular weight is 326 g/mol. The predicted molar refractivity (Wildman–Crippen MR) is 88.8 cm³/mol. The Labute approximate surface area is 133 Å². The van der Waals surface area contributed by atoms with Crippen molar-refractivity contribution in [3.63, 3.8) is 0 Å². The van der Waals surface area contributed by atoms with Crippen molar-refractivity contribution in [3.05, 3.63) is 28.2 Å². The molecule has 1 aromatic heterocycles. The van der Waals surface area contributed by atoms with Crippen molar-refractivity contribution in [2.75, 3.05) is 6.54 Å². The van der Waals surface area contributed by atoms with Gasteiger partial charge < -0.3 is 11.1 Å². The minimum Gasteiger partial charge on any atom is -0.354 e. The van der Waals surface area contributed by atoms with Gasteiger partial charge in [-0.1, -0.05) is 31.9 Å². The Morgan fingerprint density at radius 2 is 2.29 bits per heavy atom. The highest BCUT2D eigenvalue weighted by Crippen LogP contribution is 2.25. The molecule has 0 aliphatic carbocycles. The van der Waals surface area contributed by atoms with Crippen molar-refractivity contribution < 1.29 is 4.79 Å². The molecule has 0 fully saturated rings. The van der Waals surface area contributed by atoms with Crippen molar-refractivity contribution in [3.8, 4) is 0 Å². The molecule has 2 atom stereocenters. The van der Waals surface area contributed by atoms with E-state index < -0.39 is 6.04 Å². The first-order chi connectivity index (χ1) is 10.0. The van der Waals surface area contributed by atoms with Gasteiger partial charge in [0, 0.05) is 18.0 Å². The minimum absolute atomic E-state index is 0.0893. The van der Waals surface area contributed by atoms with Crippen LogP contribution in [-0.4, -0.2) is 23.5 Å². The van der Waals surface area contributed by atoms with Crippen molar-refractivity contribution in [1.82, 2.24) is 10.3 Å². The van der Waals surface area contributed by atoms with Crippen molar-refractivity contribution in [2.24, 2.45) is 11.7 Å². The van der Waals surface area contributed by atoms with Crippen LogP contribution in [0.15, 0.2) is 18.2 Å². The third kappa shape index (κ3) is 4.15. The molecule has 0 saturated carbocycles. The second-order valence-electron chi connectivity index (χ2n) is 5.17. The summed E-state index contributed by atoms with van der Waals surface area (Å²) in [4.78, 5) is 16.4. The van der Waals surface area contributed by atoms with Crippen LogP contribution in [0.1, 0.15) is 25.3 Å². The van der Waals surface area contributed by atoms with E-state index >= 15 is 0 Å². The zero-order valence-corrected chi connectivity index (χ0v) is 13.8. The number of carbonyl (C=O) groups is 1. The highest BCUT2D eigenvalue weighted by molar-refractivity contribution is 7.18. The molecule has 6 heteroatoms. The molecular weight excluding hydrogens is 306 g/mol. The monoisotopic (exact) mass is 325 g/mol. The van der Waals surface area contributed by atoms with Gasteiger partial charge in [0.2, 0.25) is 5.91 Å². The second kappa shape index (κ2) is 7.20. The normalized spacial score (nSPS) is 14.1. The SMILES string of the molecule is CCC(C)C(N)C(=O)NCCc1nc2cc(Cl)ccc2s1. The molecule has 1 heterocycles. The average Bonchev–Trinajstić information content (AvgIpc) is 2.87. The van der Waals surface area contributed by atoms with Gasteiger partial charge in [-0.3, -0.25) is 4.79 Å². The summed E-state index contributed by atoms with van der Waals surface area (Å²) in [6.45, 7) is 4.57. The maximum atomic E-state index is 11.9. The zero-order valence-electron chi connectivity index (χ0n) is 12.2. The molecule has 2 unspecified atom stereocenters. The van der Waals surface area contributed by atoms with E-state index in [4.69, 9.17) is 17.3 Å². The Morgan fingerprint density at radius 3 is 3.00 bits per heavy atom. The number of thiazole rings is 1. The molecule has 2 rings (SSSR count). The molecule has 0 saturated heterocycles. The van der Waals surface area contributed by atoms with Crippen LogP contribution >= 0.6 is 22.9 Å². The number of carbonyl (C=O) groups excluding carboxylic acids is 1. The molecule has 21 heavy (non-hydrogen) atoms. The van der Waals surface area contributed by atoms with Crippen LogP contribution in [-0.2, 0) is 11.2 Å². The van der Waals surface area contributed by atoms with Gasteiger partial charge in [-0.05, 0) is 24.1 Å². The molecule has 0 aliphatic rings. The number of hydrogen-bond acceptors (Lipinski definition) is 4. The molecule has 0 radical (unpaired) electrons. The lowest BCUT2D eigenvalue weighted by Gasteiger charge is -2.17. The van der Waals surface area contributed by atoms with Gasteiger partial charge >= 0.3 is 0 Å². The molecule has 4 nitrogen and oxygen atoms in total. The molecule has 1 aromatic carbocycles. The lowest BCUT2D eigenvalue weighted by molar-refractivity contribution is -0.123. The van der Waals surface area contributed by atoms with Crippen LogP contribution in [0.5, 0.6) is 0 Å². The Balaban J connectivity index is 1.89. The summed E-state index contributed by atoms with van der Waals surface area (Å²) in [5.74, 6) is 0.100. The Bertz CT molecular complexity index is 628. The number of hydrogen-bond donors (Lipinski definition) is 2.